The van der Waals surface area contributed by atoms with Crippen LogP contribution in [-0.4, -0.2) is 19.0 Å². The molecule has 0 saturated heterocycles. The number of nitrogens with one attached hydrogen (secondary N) is 1. The zero-order valence-corrected chi connectivity index (χ0v) is 13.6. The van der Waals surface area contributed by atoms with Crippen LogP contribution in [0.1, 0.15) is 42.2 Å². The molecule has 4 nitrogen and oxygen atoms in total. The Morgan fingerprint density at radius 2 is 1.91 bits per heavy atom. The monoisotopic (exact) mass is 311 g/mol. The van der Waals surface area contributed by atoms with E-state index in [1.165, 1.54) is 0 Å². The molecule has 2 aromatic carbocycles. The number of ether oxygens (including phenoxy) is 2. The predicted molar refractivity (Wildman–Crippen MR) is 90.5 cm³/mol. The highest BCUT2D eigenvalue weighted by atomic mass is 16.5. The summed E-state index contributed by atoms with van der Waals surface area (Å²) in [5.74, 6) is 1.56. The largest absolute Gasteiger partial charge is 0.493 e. The molecule has 3 rings (SSSR count). The van der Waals surface area contributed by atoms with Crippen LogP contribution in [-0.2, 0) is 0 Å². The summed E-state index contributed by atoms with van der Waals surface area (Å²) < 4.78 is 11.2. The van der Waals surface area contributed by atoms with Crippen molar-refractivity contribution in [1.82, 2.24) is 0 Å². The highest BCUT2D eigenvalue weighted by molar-refractivity contribution is 6.03. The first-order valence-corrected chi connectivity index (χ1v) is 7.82. The number of carbonyl (C=O) groups excluding carboxylic acids is 1. The van der Waals surface area contributed by atoms with Crippen molar-refractivity contribution in [2.24, 2.45) is 0 Å². The van der Waals surface area contributed by atoms with Crippen molar-refractivity contribution in [1.29, 1.82) is 0 Å². The average molecular weight is 311 g/mol. The number of rotatable bonds is 4. The van der Waals surface area contributed by atoms with E-state index in [1.54, 1.807) is 7.11 Å². The van der Waals surface area contributed by atoms with Crippen LogP contribution in [0.4, 0.5) is 5.69 Å². The van der Waals surface area contributed by atoms with E-state index in [-0.39, 0.29) is 17.9 Å². The van der Waals surface area contributed by atoms with Crippen molar-refractivity contribution in [3.8, 4) is 11.5 Å². The normalized spacial score (nSPS) is 16.7. The molecule has 0 saturated carbocycles. The maximum absolute atomic E-state index is 12.4. The van der Waals surface area contributed by atoms with E-state index in [0.29, 0.717) is 17.9 Å². The second-order valence-electron chi connectivity index (χ2n) is 5.95. The third-order valence-corrected chi connectivity index (χ3v) is 3.90. The standard InChI is InChI=1S/C19H21NO3/c1-12(2)23-19-10-13(8-9-18(19)22-3)16-11-17(21)14-6-4-5-7-15(14)20-16/h4-10,12,16,20H,11H2,1-3H3. The third-order valence-electron chi connectivity index (χ3n) is 3.90. The number of fused-ring (bicyclic) bond motifs is 1. The molecule has 0 bridgehead atoms. The topological polar surface area (TPSA) is 47.6 Å². The minimum absolute atomic E-state index is 0.0563. The number of ketones is 1. The van der Waals surface area contributed by atoms with Crippen LogP contribution < -0.4 is 14.8 Å². The van der Waals surface area contributed by atoms with Crippen LogP contribution in [0.25, 0.3) is 0 Å². The third kappa shape index (κ3) is 3.16. The molecule has 0 radical (unpaired) electrons. The lowest BCUT2D eigenvalue weighted by Gasteiger charge is -2.27. The molecule has 1 N–H and O–H groups in total. The minimum atomic E-state index is -0.0576. The lowest BCUT2D eigenvalue weighted by molar-refractivity contribution is 0.0972. The molecule has 1 aliphatic rings. The fourth-order valence-electron chi connectivity index (χ4n) is 2.84. The summed E-state index contributed by atoms with van der Waals surface area (Å²) in [5, 5.41) is 3.44. The van der Waals surface area contributed by atoms with E-state index in [0.717, 1.165) is 16.8 Å². The van der Waals surface area contributed by atoms with Gasteiger partial charge in [0, 0.05) is 17.7 Å². The van der Waals surface area contributed by atoms with E-state index >= 15 is 0 Å². The fourth-order valence-corrected chi connectivity index (χ4v) is 2.84. The van der Waals surface area contributed by atoms with Crippen molar-refractivity contribution in [3.05, 3.63) is 53.6 Å². The van der Waals surface area contributed by atoms with Crippen LogP contribution in [0.3, 0.4) is 0 Å². The Morgan fingerprint density at radius 1 is 1.13 bits per heavy atom. The highest BCUT2D eigenvalue weighted by Crippen LogP contribution is 2.36. The molecule has 0 aromatic heterocycles. The minimum Gasteiger partial charge on any atom is -0.493 e. The lowest BCUT2D eigenvalue weighted by Crippen LogP contribution is -2.22. The van der Waals surface area contributed by atoms with E-state index in [4.69, 9.17) is 9.47 Å². The number of Topliss-reactive ketones (excluding diaryl/α,β-unsaturated/α-hetero) is 1. The van der Waals surface area contributed by atoms with Crippen LogP contribution in [0.5, 0.6) is 11.5 Å². The molecule has 0 aliphatic carbocycles. The van der Waals surface area contributed by atoms with Crippen molar-refractivity contribution >= 4 is 11.5 Å². The van der Waals surface area contributed by atoms with Gasteiger partial charge in [-0.1, -0.05) is 18.2 Å². The van der Waals surface area contributed by atoms with Gasteiger partial charge in [0.2, 0.25) is 0 Å². The molecule has 1 unspecified atom stereocenters. The summed E-state index contributed by atoms with van der Waals surface area (Å²) in [6.45, 7) is 3.95. The summed E-state index contributed by atoms with van der Waals surface area (Å²) in [6, 6.07) is 13.4. The molecular formula is C19H21NO3. The number of benzene rings is 2. The molecule has 2 aromatic rings. The van der Waals surface area contributed by atoms with Crippen molar-refractivity contribution in [3.63, 3.8) is 0 Å². The van der Waals surface area contributed by atoms with Crippen LogP contribution in [0.2, 0.25) is 0 Å². The van der Waals surface area contributed by atoms with Crippen LogP contribution >= 0.6 is 0 Å². The Kier molecular flexibility index (Phi) is 4.24. The maximum atomic E-state index is 12.4. The first-order valence-electron chi connectivity index (χ1n) is 7.82. The number of hydrogen-bond acceptors (Lipinski definition) is 4. The Balaban J connectivity index is 1.92. The second-order valence-corrected chi connectivity index (χ2v) is 5.95. The first-order chi connectivity index (χ1) is 11.1. The highest BCUT2D eigenvalue weighted by Gasteiger charge is 2.26. The molecule has 0 amide bonds. The molecule has 23 heavy (non-hydrogen) atoms. The molecule has 1 aliphatic heterocycles. The molecule has 0 fully saturated rings. The number of para-hydroxylation sites is 1. The maximum Gasteiger partial charge on any atom is 0.167 e. The van der Waals surface area contributed by atoms with Gasteiger partial charge in [0.05, 0.1) is 19.3 Å². The zero-order valence-electron chi connectivity index (χ0n) is 13.6. The Morgan fingerprint density at radius 3 is 2.65 bits per heavy atom. The second kappa shape index (κ2) is 6.32. The Hall–Kier alpha value is -2.49. The van der Waals surface area contributed by atoms with Gasteiger partial charge < -0.3 is 14.8 Å². The Bertz CT molecular complexity index is 724. The van der Waals surface area contributed by atoms with E-state index < -0.39 is 0 Å². The quantitative estimate of drug-likeness (QED) is 0.918. The van der Waals surface area contributed by atoms with E-state index in [1.807, 2.05) is 56.3 Å². The van der Waals surface area contributed by atoms with Gasteiger partial charge >= 0.3 is 0 Å². The van der Waals surface area contributed by atoms with Gasteiger partial charge in [-0.25, -0.2) is 0 Å². The summed E-state index contributed by atoms with van der Waals surface area (Å²) >= 11 is 0. The van der Waals surface area contributed by atoms with Gasteiger partial charge in [-0.2, -0.15) is 0 Å². The number of hydrogen-bond donors (Lipinski definition) is 1. The molecule has 1 heterocycles. The van der Waals surface area contributed by atoms with E-state index in [9.17, 15) is 4.79 Å². The van der Waals surface area contributed by atoms with Crippen molar-refractivity contribution < 1.29 is 14.3 Å². The van der Waals surface area contributed by atoms with Gasteiger partial charge in [0.1, 0.15) is 0 Å². The molecular weight excluding hydrogens is 290 g/mol. The SMILES string of the molecule is COc1ccc(C2CC(=O)c3ccccc3N2)cc1OC(C)C. The summed E-state index contributed by atoms with van der Waals surface area (Å²) in [4.78, 5) is 12.4. The average Bonchev–Trinajstić information content (AvgIpc) is 2.54. The van der Waals surface area contributed by atoms with Crippen molar-refractivity contribution in [2.75, 3.05) is 12.4 Å². The Labute approximate surface area is 136 Å². The number of carbonyl (C=O) groups is 1. The van der Waals surface area contributed by atoms with Crippen LogP contribution in [0.15, 0.2) is 42.5 Å². The van der Waals surface area contributed by atoms with Gasteiger partial charge in [-0.05, 0) is 43.7 Å². The number of anilines is 1. The van der Waals surface area contributed by atoms with Crippen molar-refractivity contribution in [2.45, 2.75) is 32.4 Å². The van der Waals surface area contributed by atoms with Gasteiger partial charge in [-0.15, -0.1) is 0 Å². The van der Waals surface area contributed by atoms with Gasteiger partial charge in [0.15, 0.2) is 17.3 Å². The summed E-state index contributed by atoms with van der Waals surface area (Å²) in [5.41, 5.74) is 2.66. The lowest BCUT2D eigenvalue weighted by atomic mass is 9.92. The summed E-state index contributed by atoms with van der Waals surface area (Å²) in [7, 11) is 1.63. The van der Waals surface area contributed by atoms with Gasteiger partial charge in [-0.3, -0.25) is 4.79 Å². The first kappa shape index (κ1) is 15.4. The summed E-state index contributed by atoms with van der Waals surface area (Å²) in [6.07, 6.45) is 0.491. The zero-order chi connectivity index (χ0) is 16.4. The fraction of sp³-hybridized carbons (Fsp3) is 0.316. The van der Waals surface area contributed by atoms with Gasteiger partial charge in [0.25, 0.3) is 0 Å². The molecule has 0 spiro atoms. The van der Waals surface area contributed by atoms with E-state index in [2.05, 4.69) is 5.32 Å². The smallest absolute Gasteiger partial charge is 0.167 e. The van der Waals surface area contributed by atoms with Crippen LogP contribution in [0, 0.1) is 0 Å². The molecule has 4 heteroatoms. The predicted octanol–water partition coefficient (Wildman–Crippen LogP) is 4.22. The number of methoxy groups -OCH3 is 1. The molecule has 1 atom stereocenters. The molecule has 120 valence electrons.